The van der Waals surface area contributed by atoms with Crippen LogP contribution in [-0.2, 0) is 11.3 Å². The predicted molar refractivity (Wildman–Crippen MR) is 124 cm³/mol. The molecule has 2 heterocycles. The average molecular weight is 462 g/mol. The van der Waals surface area contributed by atoms with E-state index in [-0.39, 0.29) is 17.5 Å². The Morgan fingerprint density at radius 3 is 2.58 bits per heavy atom. The molecule has 33 heavy (non-hydrogen) atoms. The number of imide groups is 1. The number of halogens is 1. The first-order valence-corrected chi connectivity index (χ1v) is 11.3. The molecule has 4 atom stereocenters. The van der Waals surface area contributed by atoms with Gasteiger partial charge in [-0.15, -0.1) is 0 Å². The van der Waals surface area contributed by atoms with Crippen molar-refractivity contribution in [1.82, 2.24) is 15.5 Å². The molecule has 0 saturated carbocycles. The Hall–Kier alpha value is -3.34. The molecular formula is C25H24ClN5O2. The summed E-state index contributed by atoms with van der Waals surface area (Å²) in [6, 6.07) is 19.3. The highest BCUT2D eigenvalue weighted by atomic mass is 35.5. The lowest BCUT2D eigenvalue weighted by atomic mass is 9.56. The quantitative estimate of drug-likeness (QED) is 0.650. The van der Waals surface area contributed by atoms with Crippen LogP contribution in [0.1, 0.15) is 23.5 Å². The van der Waals surface area contributed by atoms with Gasteiger partial charge in [0.25, 0.3) is 0 Å². The number of likely N-dealkylation sites (tertiary alicyclic amines) is 1. The molecule has 8 heteroatoms. The van der Waals surface area contributed by atoms with Crippen LogP contribution in [0.5, 0.6) is 0 Å². The summed E-state index contributed by atoms with van der Waals surface area (Å²) in [4.78, 5) is 27.8. The largest absolute Gasteiger partial charge is 0.400 e. The Kier molecular flexibility index (Phi) is 5.35. The average Bonchev–Trinajstić information content (AvgIpc) is 2.79. The SMILES string of the molecule is N#CC1=C(N)[C@H]2C(=O)NC(=O)N[C@]23CCN(Cc2ccccc2)C[C@H]3[C@@H]1c1ccc(Cl)cc1. The molecule has 2 saturated heterocycles. The van der Waals surface area contributed by atoms with Crippen molar-refractivity contribution in [1.29, 1.82) is 5.26 Å². The highest BCUT2D eigenvalue weighted by molar-refractivity contribution is 6.30. The summed E-state index contributed by atoms with van der Waals surface area (Å²) in [6.07, 6.45) is 0.553. The smallest absolute Gasteiger partial charge is 0.321 e. The van der Waals surface area contributed by atoms with E-state index in [2.05, 4.69) is 33.7 Å². The number of nitrogens with one attached hydrogen (secondary N) is 2. The number of hydrogen-bond donors (Lipinski definition) is 3. The van der Waals surface area contributed by atoms with Gasteiger partial charge in [0.1, 0.15) is 5.92 Å². The lowest BCUT2D eigenvalue weighted by Crippen LogP contribution is -2.75. The molecule has 0 unspecified atom stereocenters. The van der Waals surface area contributed by atoms with Crippen LogP contribution in [-0.4, -0.2) is 35.5 Å². The first-order valence-electron chi connectivity index (χ1n) is 11.0. The summed E-state index contributed by atoms with van der Waals surface area (Å²) >= 11 is 6.13. The van der Waals surface area contributed by atoms with Crippen LogP contribution in [0.25, 0.3) is 0 Å². The molecule has 3 aliphatic rings. The molecule has 5 rings (SSSR count). The summed E-state index contributed by atoms with van der Waals surface area (Å²) in [6.45, 7) is 2.04. The highest BCUT2D eigenvalue weighted by Gasteiger charge is 2.61. The molecule has 1 aliphatic carbocycles. The van der Waals surface area contributed by atoms with Gasteiger partial charge in [-0.2, -0.15) is 5.26 Å². The summed E-state index contributed by atoms with van der Waals surface area (Å²) in [5.74, 6) is -1.82. The predicted octanol–water partition coefficient (Wildman–Crippen LogP) is 2.89. The minimum absolute atomic E-state index is 0.224. The number of hydrogen-bond acceptors (Lipinski definition) is 5. The second-order valence-electron chi connectivity index (χ2n) is 9.00. The molecule has 2 aromatic rings. The number of piperidine rings is 1. The van der Waals surface area contributed by atoms with Gasteiger partial charge < -0.3 is 11.1 Å². The summed E-state index contributed by atoms with van der Waals surface area (Å²) in [7, 11) is 0. The zero-order valence-electron chi connectivity index (χ0n) is 17.9. The van der Waals surface area contributed by atoms with E-state index in [9.17, 15) is 14.9 Å². The van der Waals surface area contributed by atoms with Gasteiger partial charge in [0.2, 0.25) is 5.91 Å². The summed E-state index contributed by atoms with van der Waals surface area (Å²) in [5, 5.41) is 16.2. The lowest BCUT2D eigenvalue weighted by Gasteiger charge is -2.58. The van der Waals surface area contributed by atoms with Crippen LogP contribution in [0.2, 0.25) is 5.02 Å². The number of carbonyl (C=O) groups is 2. The molecule has 0 bridgehead atoms. The van der Waals surface area contributed by atoms with E-state index in [1.165, 1.54) is 5.56 Å². The number of carbonyl (C=O) groups excluding carboxylic acids is 2. The van der Waals surface area contributed by atoms with E-state index in [0.29, 0.717) is 30.1 Å². The standard InChI is InChI=1S/C25H24ClN5O2/c26-17-8-6-16(7-9-17)20-18(12-27)22(28)21-23(32)29-24(33)30-25(21)10-11-31(14-19(20)25)13-15-4-2-1-3-5-15/h1-9,19-21H,10-11,13-14,28H2,(H2,29,30,32,33)/t19-,20+,21-,25-/m0/s1. The topological polar surface area (TPSA) is 111 Å². The van der Waals surface area contributed by atoms with Crippen molar-refractivity contribution in [2.75, 3.05) is 13.1 Å². The Labute approximate surface area is 197 Å². The van der Waals surface area contributed by atoms with Crippen LogP contribution in [0, 0.1) is 23.2 Å². The fraction of sp³-hybridized carbons (Fsp3) is 0.320. The zero-order valence-corrected chi connectivity index (χ0v) is 18.7. The third-order valence-corrected chi connectivity index (χ3v) is 7.50. The summed E-state index contributed by atoms with van der Waals surface area (Å²) < 4.78 is 0. The first-order chi connectivity index (χ1) is 15.9. The van der Waals surface area contributed by atoms with Crippen molar-refractivity contribution in [3.05, 3.63) is 82.0 Å². The molecule has 0 radical (unpaired) electrons. The molecule has 2 aromatic carbocycles. The minimum Gasteiger partial charge on any atom is -0.400 e. The number of nitrogens with zero attached hydrogens (tertiary/aromatic N) is 2. The normalized spacial score (nSPS) is 29.4. The highest BCUT2D eigenvalue weighted by Crippen LogP contribution is 2.52. The van der Waals surface area contributed by atoms with Crippen molar-refractivity contribution in [3.63, 3.8) is 0 Å². The minimum atomic E-state index is -0.860. The van der Waals surface area contributed by atoms with Crippen LogP contribution < -0.4 is 16.4 Å². The number of amides is 3. The van der Waals surface area contributed by atoms with Crippen molar-refractivity contribution in [3.8, 4) is 6.07 Å². The van der Waals surface area contributed by atoms with Gasteiger partial charge in [0, 0.05) is 42.2 Å². The number of allylic oxidation sites excluding steroid dienone is 1. The maximum absolute atomic E-state index is 13.0. The van der Waals surface area contributed by atoms with Gasteiger partial charge in [-0.3, -0.25) is 15.0 Å². The van der Waals surface area contributed by atoms with Gasteiger partial charge in [-0.05, 0) is 29.7 Å². The number of nitrogens with two attached hydrogens (primary N) is 1. The number of rotatable bonds is 3. The molecule has 2 fully saturated rings. The van der Waals surface area contributed by atoms with Crippen LogP contribution in [0.15, 0.2) is 65.9 Å². The van der Waals surface area contributed by atoms with E-state index in [1.54, 1.807) is 12.1 Å². The molecule has 7 nitrogen and oxygen atoms in total. The Bertz CT molecular complexity index is 1170. The maximum Gasteiger partial charge on any atom is 0.321 e. The lowest BCUT2D eigenvalue weighted by molar-refractivity contribution is -0.130. The van der Waals surface area contributed by atoms with E-state index in [1.807, 2.05) is 30.3 Å². The molecule has 2 aliphatic heterocycles. The number of urea groups is 1. The third kappa shape index (κ3) is 3.56. The Morgan fingerprint density at radius 2 is 1.88 bits per heavy atom. The zero-order chi connectivity index (χ0) is 23.2. The molecule has 4 N–H and O–H groups in total. The van der Waals surface area contributed by atoms with Gasteiger partial charge in [0.15, 0.2) is 0 Å². The van der Waals surface area contributed by atoms with Gasteiger partial charge in [-0.1, -0.05) is 54.1 Å². The van der Waals surface area contributed by atoms with E-state index < -0.39 is 23.4 Å². The van der Waals surface area contributed by atoms with E-state index in [0.717, 1.165) is 12.1 Å². The van der Waals surface area contributed by atoms with E-state index >= 15 is 0 Å². The third-order valence-electron chi connectivity index (χ3n) is 7.25. The van der Waals surface area contributed by atoms with Crippen molar-refractivity contribution in [2.24, 2.45) is 17.6 Å². The van der Waals surface area contributed by atoms with Crippen LogP contribution >= 0.6 is 11.6 Å². The fourth-order valence-corrected chi connectivity index (χ4v) is 5.98. The number of nitriles is 1. The van der Waals surface area contributed by atoms with Crippen LogP contribution in [0.3, 0.4) is 0 Å². The molecule has 3 amide bonds. The molecule has 1 spiro atoms. The first kappa shape index (κ1) is 21.5. The van der Waals surface area contributed by atoms with Gasteiger partial charge in [-0.25, -0.2) is 4.79 Å². The number of benzene rings is 2. The van der Waals surface area contributed by atoms with Gasteiger partial charge >= 0.3 is 6.03 Å². The molecule has 168 valence electrons. The van der Waals surface area contributed by atoms with Crippen molar-refractivity contribution < 1.29 is 9.59 Å². The van der Waals surface area contributed by atoms with Crippen LogP contribution in [0.4, 0.5) is 4.79 Å². The second-order valence-corrected chi connectivity index (χ2v) is 9.44. The molecular weight excluding hydrogens is 438 g/mol. The Morgan fingerprint density at radius 1 is 1.15 bits per heavy atom. The second kappa shape index (κ2) is 8.22. The fourth-order valence-electron chi connectivity index (χ4n) is 5.85. The molecule has 0 aromatic heterocycles. The van der Waals surface area contributed by atoms with Crippen molar-refractivity contribution in [2.45, 2.75) is 24.4 Å². The van der Waals surface area contributed by atoms with Crippen molar-refractivity contribution >= 4 is 23.5 Å². The Balaban J connectivity index is 1.62. The van der Waals surface area contributed by atoms with E-state index in [4.69, 9.17) is 17.3 Å². The summed E-state index contributed by atoms with van der Waals surface area (Å²) in [5.41, 5.74) is 8.34. The van der Waals surface area contributed by atoms with Gasteiger partial charge in [0.05, 0.1) is 17.2 Å². The maximum atomic E-state index is 13.0. The monoisotopic (exact) mass is 461 g/mol.